The molecule has 0 atom stereocenters. The Labute approximate surface area is 159 Å². The van der Waals surface area contributed by atoms with Crippen LogP contribution < -0.4 is 14.6 Å². The molecule has 146 valence electrons. The van der Waals surface area contributed by atoms with Crippen molar-refractivity contribution in [3.05, 3.63) is 53.1 Å². The Kier molecular flexibility index (Phi) is 6.45. The molecule has 2 aromatic carbocycles. The molecule has 1 amide bonds. The molecule has 0 spiro atoms. The normalized spacial score (nSPS) is 11.1. The fraction of sp³-hybridized carbons (Fsp3) is 0.316. The number of primary sulfonamides is 1. The second kappa shape index (κ2) is 8.41. The molecule has 0 unspecified atom stereocenters. The third-order valence-corrected chi connectivity index (χ3v) is 5.21. The summed E-state index contributed by atoms with van der Waals surface area (Å²) in [6.45, 7) is 2.20. The fourth-order valence-electron chi connectivity index (χ4n) is 2.65. The number of hydrogen-bond acceptors (Lipinski definition) is 5. The van der Waals surface area contributed by atoms with Crippen LogP contribution in [0.3, 0.4) is 0 Å². The number of carbonyl (C=O) groups is 1. The van der Waals surface area contributed by atoms with E-state index in [4.69, 9.17) is 14.6 Å². The van der Waals surface area contributed by atoms with Crippen molar-refractivity contribution < 1.29 is 22.7 Å². The first-order valence-corrected chi connectivity index (χ1v) is 9.82. The standard InChI is InChI=1S/C19H24N2O5S/c1-13-5-7-15(27(20,23)24)12-16(13)19(22)21(2)10-9-14-6-8-17(25-3)18(11-14)26-4/h5-8,11-12H,9-10H2,1-4H3,(H2,20,23,24). The molecule has 0 bridgehead atoms. The summed E-state index contributed by atoms with van der Waals surface area (Å²) in [5.74, 6) is 1.00. The number of nitrogens with zero attached hydrogens (tertiary/aromatic N) is 1. The molecule has 0 radical (unpaired) electrons. The van der Waals surface area contributed by atoms with E-state index in [0.717, 1.165) is 5.56 Å². The van der Waals surface area contributed by atoms with Gasteiger partial charge in [0.25, 0.3) is 5.91 Å². The van der Waals surface area contributed by atoms with Crippen LogP contribution >= 0.6 is 0 Å². The van der Waals surface area contributed by atoms with Gasteiger partial charge in [-0.05, 0) is 48.7 Å². The second-order valence-corrected chi connectivity index (χ2v) is 7.75. The Balaban J connectivity index is 2.15. The van der Waals surface area contributed by atoms with Crippen LogP contribution in [0.2, 0.25) is 0 Å². The van der Waals surface area contributed by atoms with Crippen LogP contribution in [-0.2, 0) is 16.4 Å². The van der Waals surface area contributed by atoms with Gasteiger partial charge in [-0.1, -0.05) is 12.1 Å². The third-order valence-electron chi connectivity index (χ3n) is 4.30. The van der Waals surface area contributed by atoms with E-state index in [1.807, 2.05) is 18.2 Å². The number of hydrogen-bond donors (Lipinski definition) is 1. The molecule has 0 aliphatic carbocycles. The number of rotatable bonds is 7. The number of nitrogens with two attached hydrogens (primary N) is 1. The van der Waals surface area contributed by atoms with Gasteiger partial charge in [0.05, 0.1) is 19.1 Å². The van der Waals surface area contributed by atoms with Crippen molar-refractivity contribution in [3.8, 4) is 11.5 Å². The van der Waals surface area contributed by atoms with E-state index in [1.165, 1.54) is 12.1 Å². The Morgan fingerprint density at radius 3 is 2.33 bits per heavy atom. The Morgan fingerprint density at radius 1 is 1.07 bits per heavy atom. The van der Waals surface area contributed by atoms with Gasteiger partial charge >= 0.3 is 0 Å². The number of likely N-dealkylation sites (N-methyl/N-ethyl adjacent to an activating group) is 1. The lowest BCUT2D eigenvalue weighted by molar-refractivity contribution is 0.0795. The molecular weight excluding hydrogens is 368 g/mol. The summed E-state index contributed by atoms with van der Waals surface area (Å²) in [5, 5.41) is 5.16. The highest BCUT2D eigenvalue weighted by Crippen LogP contribution is 2.27. The minimum absolute atomic E-state index is 0.0789. The van der Waals surface area contributed by atoms with Gasteiger partial charge in [-0.2, -0.15) is 0 Å². The number of aryl methyl sites for hydroxylation is 1. The van der Waals surface area contributed by atoms with Crippen molar-refractivity contribution >= 4 is 15.9 Å². The van der Waals surface area contributed by atoms with E-state index in [9.17, 15) is 13.2 Å². The van der Waals surface area contributed by atoms with E-state index in [2.05, 4.69) is 0 Å². The summed E-state index contributed by atoms with van der Waals surface area (Å²) < 4.78 is 33.6. The number of sulfonamides is 1. The van der Waals surface area contributed by atoms with Gasteiger partial charge in [0, 0.05) is 19.2 Å². The molecule has 2 aromatic rings. The largest absolute Gasteiger partial charge is 0.493 e. The summed E-state index contributed by atoms with van der Waals surface area (Å²) in [5.41, 5.74) is 1.99. The first-order valence-electron chi connectivity index (χ1n) is 8.27. The smallest absolute Gasteiger partial charge is 0.253 e. The first kappa shape index (κ1) is 20.7. The maximum absolute atomic E-state index is 12.7. The van der Waals surface area contributed by atoms with Crippen LogP contribution in [0, 0.1) is 6.92 Å². The highest BCUT2D eigenvalue weighted by atomic mass is 32.2. The highest BCUT2D eigenvalue weighted by molar-refractivity contribution is 7.89. The topological polar surface area (TPSA) is 98.9 Å². The molecule has 0 fully saturated rings. The van der Waals surface area contributed by atoms with E-state index < -0.39 is 10.0 Å². The zero-order chi connectivity index (χ0) is 20.2. The van der Waals surface area contributed by atoms with Gasteiger partial charge in [-0.15, -0.1) is 0 Å². The van der Waals surface area contributed by atoms with Crippen molar-refractivity contribution in [2.75, 3.05) is 27.8 Å². The predicted molar refractivity (Wildman–Crippen MR) is 103 cm³/mol. The average Bonchev–Trinajstić information content (AvgIpc) is 2.64. The lowest BCUT2D eigenvalue weighted by Crippen LogP contribution is -2.29. The van der Waals surface area contributed by atoms with Crippen LogP contribution in [0.1, 0.15) is 21.5 Å². The van der Waals surface area contributed by atoms with Crippen molar-refractivity contribution in [1.29, 1.82) is 0 Å². The van der Waals surface area contributed by atoms with Crippen molar-refractivity contribution in [2.24, 2.45) is 5.14 Å². The van der Waals surface area contributed by atoms with Gasteiger partial charge in [0.2, 0.25) is 10.0 Å². The maximum Gasteiger partial charge on any atom is 0.253 e. The van der Waals surface area contributed by atoms with Crippen molar-refractivity contribution in [1.82, 2.24) is 4.90 Å². The van der Waals surface area contributed by atoms with E-state index in [-0.39, 0.29) is 10.8 Å². The van der Waals surface area contributed by atoms with Crippen LogP contribution in [0.15, 0.2) is 41.3 Å². The molecule has 0 aliphatic rings. The molecule has 0 heterocycles. The lowest BCUT2D eigenvalue weighted by Gasteiger charge is -2.19. The molecular formula is C19H24N2O5S. The Morgan fingerprint density at radius 2 is 1.74 bits per heavy atom. The van der Waals surface area contributed by atoms with Crippen LogP contribution in [0.5, 0.6) is 11.5 Å². The van der Waals surface area contributed by atoms with Gasteiger partial charge in [-0.3, -0.25) is 4.79 Å². The fourth-order valence-corrected chi connectivity index (χ4v) is 3.19. The average molecular weight is 392 g/mol. The monoisotopic (exact) mass is 392 g/mol. The molecule has 2 N–H and O–H groups in total. The van der Waals surface area contributed by atoms with Crippen LogP contribution in [0.4, 0.5) is 0 Å². The first-order chi connectivity index (χ1) is 12.7. The zero-order valence-electron chi connectivity index (χ0n) is 15.9. The Hall–Kier alpha value is -2.58. The van der Waals surface area contributed by atoms with Crippen molar-refractivity contribution in [3.63, 3.8) is 0 Å². The summed E-state index contributed by atoms with van der Waals surface area (Å²) in [6, 6.07) is 9.88. The second-order valence-electron chi connectivity index (χ2n) is 6.19. The Bertz CT molecular complexity index is 941. The molecule has 0 aromatic heterocycles. The molecule has 27 heavy (non-hydrogen) atoms. The van der Waals surface area contributed by atoms with E-state index in [0.29, 0.717) is 35.6 Å². The minimum Gasteiger partial charge on any atom is -0.493 e. The summed E-state index contributed by atoms with van der Waals surface area (Å²) >= 11 is 0. The third kappa shape index (κ3) is 4.99. The molecule has 0 saturated heterocycles. The predicted octanol–water partition coefficient (Wildman–Crippen LogP) is 1.97. The van der Waals surface area contributed by atoms with Crippen LogP contribution in [0.25, 0.3) is 0 Å². The highest BCUT2D eigenvalue weighted by Gasteiger charge is 2.18. The number of amides is 1. The van der Waals surface area contributed by atoms with E-state index in [1.54, 1.807) is 39.2 Å². The summed E-state index contributed by atoms with van der Waals surface area (Å²) in [4.78, 5) is 14.2. The van der Waals surface area contributed by atoms with Gasteiger partial charge in [0.1, 0.15) is 0 Å². The van der Waals surface area contributed by atoms with Gasteiger partial charge < -0.3 is 14.4 Å². The molecule has 2 rings (SSSR count). The van der Waals surface area contributed by atoms with Gasteiger partial charge in [0.15, 0.2) is 11.5 Å². The quantitative estimate of drug-likeness (QED) is 0.777. The minimum atomic E-state index is -3.87. The molecule has 7 nitrogen and oxygen atoms in total. The van der Waals surface area contributed by atoms with Crippen LogP contribution in [-0.4, -0.2) is 47.0 Å². The molecule has 0 saturated carbocycles. The number of ether oxygens (including phenoxy) is 2. The number of methoxy groups -OCH3 is 2. The maximum atomic E-state index is 12.7. The summed E-state index contributed by atoms with van der Waals surface area (Å²) in [6.07, 6.45) is 0.608. The summed E-state index contributed by atoms with van der Waals surface area (Å²) in [7, 11) is 0.945. The zero-order valence-corrected chi connectivity index (χ0v) is 16.7. The molecule has 0 aliphatic heterocycles. The van der Waals surface area contributed by atoms with Gasteiger partial charge in [-0.25, -0.2) is 13.6 Å². The SMILES string of the molecule is COc1ccc(CCN(C)C(=O)c2cc(S(N)(=O)=O)ccc2C)cc1OC. The number of carbonyl (C=O) groups excluding carboxylic acids is 1. The van der Waals surface area contributed by atoms with E-state index >= 15 is 0 Å². The lowest BCUT2D eigenvalue weighted by atomic mass is 10.1. The van der Waals surface area contributed by atoms with Crippen molar-refractivity contribution in [2.45, 2.75) is 18.2 Å². The molecule has 8 heteroatoms. The number of benzene rings is 2.